The van der Waals surface area contributed by atoms with Gasteiger partial charge in [-0.15, -0.1) is 0 Å². The molecule has 2 unspecified atom stereocenters. The van der Waals surface area contributed by atoms with E-state index in [2.05, 4.69) is 0 Å². The topological polar surface area (TPSA) is 35.2 Å². The normalized spacial score (nSPS) is 14.1. The molecule has 2 nitrogen and oxygen atoms in total. The largest absolute Gasteiger partial charge is 0.367 e. The van der Waals surface area contributed by atoms with Crippen LogP contribution < -0.4 is 5.73 Å². The standard InChI is InChI=1S/C16H18ClNO/c1-12(18)16(14-9-5-6-10-15(14)17)19-11-13-7-3-2-4-8-13/h2-10,12,16H,11,18H2,1H3. The van der Waals surface area contributed by atoms with Crippen LogP contribution in [-0.4, -0.2) is 6.04 Å². The van der Waals surface area contributed by atoms with Crippen molar-refractivity contribution in [3.63, 3.8) is 0 Å². The molecule has 2 aromatic rings. The highest BCUT2D eigenvalue weighted by atomic mass is 35.5. The van der Waals surface area contributed by atoms with Gasteiger partial charge < -0.3 is 10.5 Å². The average molecular weight is 276 g/mol. The predicted octanol–water partition coefficient (Wildman–Crippen LogP) is 3.95. The quantitative estimate of drug-likeness (QED) is 0.897. The van der Waals surface area contributed by atoms with E-state index in [4.69, 9.17) is 22.1 Å². The van der Waals surface area contributed by atoms with Crippen molar-refractivity contribution in [1.29, 1.82) is 0 Å². The molecule has 0 aliphatic heterocycles. The van der Waals surface area contributed by atoms with E-state index in [1.54, 1.807) is 0 Å². The molecule has 0 heterocycles. The molecule has 0 amide bonds. The van der Waals surface area contributed by atoms with Crippen molar-refractivity contribution < 1.29 is 4.74 Å². The molecule has 2 atom stereocenters. The van der Waals surface area contributed by atoms with Crippen LogP contribution in [0.1, 0.15) is 24.2 Å². The van der Waals surface area contributed by atoms with Gasteiger partial charge in [0.15, 0.2) is 0 Å². The van der Waals surface area contributed by atoms with E-state index in [1.807, 2.05) is 61.5 Å². The summed E-state index contributed by atoms with van der Waals surface area (Å²) in [6.07, 6.45) is -0.200. The van der Waals surface area contributed by atoms with Crippen LogP contribution in [0, 0.1) is 0 Å². The molecular weight excluding hydrogens is 258 g/mol. The summed E-state index contributed by atoms with van der Waals surface area (Å²) in [5, 5.41) is 0.692. The smallest absolute Gasteiger partial charge is 0.0991 e. The third-order valence-corrected chi connectivity index (χ3v) is 3.31. The highest BCUT2D eigenvalue weighted by Crippen LogP contribution is 2.28. The summed E-state index contributed by atoms with van der Waals surface area (Å²) in [7, 11) is 0. The highest BCUT2D eigenvalue weighted by molar-refractivity contribution is 6.31. The molecule has 0 saturated heterocycles. The second kappa shape index (κ2) is 6.71. The van der Waals surface area contributed by atoms with Crippen molar-refractivity contribution in [2.24, 2.45) is 5.73 Å². The van der Waals surface area contributed by atoms with Crippen LogP contribution in [0.2, 0.25) is 5.02 Å². The van der Waals surface area contributed by atoms with Gasteiger partial charge in [0.2, 0.25) is 0 Å². The molecule has 0 radical (unpaired) electrons. The minimum Gasteiger partial charge on any atom is -0.367 e. The summed E-state index contributed by atoms with van der Waals surface area (Å²) in [4.78, 5) is 0. The van der Waals surface area contributed by atoms with Crippen LogP contribution >= 0.6 is 11.6 Å². The Labute approximate surface area is 119 Å². The average Bonchev–Trinajstić information content (AvgIpc) is 2.42. The van der Waals surface area contributed by atoms with E-state index in [-0.39, 0.29) is 12.1 Å². The maximum Gasteiger partial charge on any atom is 0.0991 e. The van der Waals surface area contributed by atoms with Gasteiger partial charge in [0.1, 0.15) is 0 Å². The lowest BCUT2D eigenvalue weighted by molar-refractivity contribution is 0.0259. The zero-order valence-electron chi connectivity index (χ0n) is 10.9. The van der Waals surface area contributed by atoms with Gasteiger partial charge in [0.05, 0.1) is 12.7 Å². The van der Waals surface area contributed by atoms with E-state index in [0.29, 0.717) is 11.6 Å². The van der Waals surface area contributed by atoms with Gasteiger partial charge in [-0.05, 0) is 18.6 Å². The lowest BCUT2D eigenvalue weighted by atomic mass is 10.0. The van der Waals surface area contributed by atoms with Gasteiger partial charge in [-0.2, -0.15) is 0 Å². The second-order valence-electron chi connectivity index (χ2n) is 4.60. The summed E-state index contributed by atoms with van der Waals surface area (Å²) in [6.45, 7) is 2.46. The van der Waals surface area contributed by atoms with Gasteiger partial charge in [0.25, 0.3) is 0 Å². The van der Waals surface area contributed by atoms with Crippen molar-refractivity contribution >= 4 is 11.6 Å². The molecule has 3 heteroatoms. The maximum absolute atomic E-state index is 6.21. The minimum atomic E-state index is -0.200. The van der Waals surface area contributed by atoms with Crippen molar-refractivity contribution in [1.82, 2.24) is 0 Å². The monoisotopic (exact) mass is 275 g/mol. The van der Waals surface area contributed by atoms with E-state index in [1.165, 1.54) is 0 Å². The molecule has 0 spiro atoms. The summed E-state index contributed by atoms with van der Waals surface area (Å²) >= 11 is 6.21. The number of rotatable bonds is 5. The highest BCUT2D eigenvalue weighted by Gasteiger charge is 2.19. The first kappa shape index (κ1) is 14.1. The van der Waals surface area contributed by atoms with Crippen molar-refractivity contribution in [2.75, 3.05) is 0 Å². The number of hydrogen-bond donors (Lipinski definition) is 1. The fourth-order valence-electron chi connectivity index (χ4n) is 1.99. The van der Waals surface area contributed by atoms with Crippen LogP contribution in [0.3, 0.4) is 0 Å². The van der Waals surface area contributed by atoms with Gasteiger partial charge in [-0.1, -0.05) is 60.1 Å². The maximum atomic E-state index is 6.21. The first-order chi connectivity index (χ1) is 9.18. The Morgan fingerprint density at radius 3 is 2.32 bits per heavy atom. The van der Waals surface area contributed by atoms with Crippen LogP contribution in [0.25, 0.3) is 0 Å². The van der Waals surface area contributed by atoms with E-state index in [9.17, 15) is 0 Å². The van der Waals surface area contributed by atoms with Crippen molar-refractivity contribution in [2.45, 2.75) is 25.7 Å². The molecule has 0 bridgehead atoms. The molecule has 2 N–H and O–H groups in total. The number of benzene rings is 2. The zero-order valence-corrected chi connectivity index (χ0v) is 11.7. The number of halogens is 1. The fraction of sp³-hybridized carbons (Fsp3) is 0.250. The van der Waals surface area contributed by atoms with E-state index in [0.717, 1.165) is 11.1 Å². The third-order valence-electron chi connectivity index (χ3n) is 2.96. The fourth-order valence-corrected chi connectivity index (χ4v) is 2.23. The second-order valence-corrected chi connectivity index (χ2v) is 5.01. The Bertz CT molecular complexity index is 513. The Morgan fingerprint density at radius 2 is 1.68 bits per heavy atom. The summed E-state index contributed by atoms with van der Waals surface area (Å²) < 4.78 is 5.95. The molecule has 0 fully saturated rings. The molecule has 19 heavy (non-hydrogen) atoms. The molecule has 100 valence electrons. The van der Waals surface area contributed by atoms with Crippen molar-refractivity contribution in [3.8, 4) is 0 Å². The molecule has 0 saturated carbocycles. The van der Waals surface area contributed by atoms with E-state index >= 15 is 0 Å². The molecule has 2 rings (SSSR count). The lowest BCUT2D eigenvalue weighted by Gasteiger charge is -2.23. The SMILES string of the molecule is CC(N)C(OCc1ccccc1)c1ccccc1Cl. The lowest BCUT2D eigenvalue weighted by Crippen LogP contribution is -2.27. The van der Waals surface area contributed by atoms with E-state index < -0.39 is 0 Å². The number of ether oxygens (including phenoxy) is 1. The van der Waals surface area contributed by atoms with Crippen molar-refractivity contribution in [3.05, 3.63) is 70.7 Å². The van der Waals surface area contributed by atoms with Gasteiger partial charge in [-0.3, -0.25) is 0 Å². The number of hydrogen-bond acceptors (Lipinski definition) is 2. The van der Waals surface area contributed by atoms with Crippen LogP contribution in [0.5, 0.6) is 0 Å². The predicted molar refractivity (Wildman–Crippen MR) is 79.1 cm³/mol. The Morgan fingerprint density at radius 1 is 1.05 bits per heavy atom. The minimum absolute atomic E-state index is 0.122. The van der Waals surface area contributed by atoms with Crippen LogP contribution in [0.15, 0.2) is 54.6 Å². The van der Waals surface area contributed by atoms with Gasteiger partial charge in [-0.25, -0.2) is 0 Å². The molecule has 0 aliphatic carbocycles. The van der Waals surface area contributed by atoms with Crippen LogP contribution in [0.4, 0.5) is 0 Å². The molecule has 0 aliphatic rings. The molecular formula is C16H18ClNO. The van der Waals surface area contributed by atoms with Crippen LogP contribution in [-0.2, 0) is 11.3 Å². The van der Waals surface area contributed by atoms with Gasteiger partial charge in [0, 0.05) is 16.6 Å². The number of nitrogens with two attached hydrogens (primary N) is 1. The summed E-state index contributed by atoms with van der Waals surface area (Å²) in [5.74, 6) is 0. The first-order valence-corrected chi connectivity index (χ1v) is 6.72. The zero-order chi connectivity index (χ0) is 13.7. The molecule has 2 aromatic carbocycles. The summed E-state index contributed by atoms with van der Waals surface area (Å²) in [5.41, 5.74) is 8.08. The Kier molecular flexibility index (Phi) is 4.97. The van der Waals surface area contributed by atoms with Gasteiger partial charge >= 0.3 is 0 Å². The first-order valence-electron chi connectivity index (χ1n) is 6.34. The molecule has 0 aromatic heterocycles. The third kappa shape index (κ3) is 3.80. The Balaban J connectivity index is 2.12. The Hall–Kier alpha value is -1.35. The summed E-state index contributed by atoms with van der Waals surface area (Å²) in [6, 6.07) is 17.6.